The van der Waals surface area contributed by atoms with Gasteiger partial charge in [-0.25, -0.2) is 14.0 Å². The van der Waals surface area contributed by atoms with Crippen LogP contribution in [0.2, 0.25) is 0 Å². The van der Waals surface area contributed by atoms with E-state index in [1.165, 1.54) is 40.2 Å². The SMILES string of the molecule is COCOc1cc(OC)cc(/C=C/C[C@@H]2OC(C)(C)O[C@@H]2C(/C=C\C(C)(F)C(C)O)OC(=O)c2ccccc2)c1C(=O)O. The van der Waals surface area contributed by atoms with E-state index < -0.39 is 47.8 Å². The van der Waals surface area contributed by atoms with Crippen molar-refractivity contribution in [3.05, 3.63) is 77.4 Å². The zero-order chi connectivity index (χ0) is 31.8. The van der Waals surface area contributed by atoms with Crippen molar-refractivity contribution in [3.63, 3.8) is 0 Å². The Hall–Kier alpha value is -3.77. The fourth-order valence-corrected chi connectivity index (χ4v) is 4.38. The number of methoxy groups -OCH3 is 2. The Morgan fingerprint density at radius 1 is 1.16 bits per heavy atom. The van der Waals surface area contributed by atoms with Gasteiger partial charge in [-0.2, -0.15) is 0 Å². The number of aliphatic hydroxyl groups excluding tert-OH is 1. The maximum atomic E-state index is 15.0. The van der Waals surface area contributed by atoms with Gasteiger partial charge in [0.1, 0.15) is 29.3 Å². The lowest BCUT2D eigenvalue weighted by molar-refractivity contribution is -0.152. The average molecular weight is 603 g/mol. The molecule has 2 aromatic carbocycles. The van der Waals surface area contributed by atoms with Crippen LogP contribution in [-0.2, 0) is 18.9 Å². The predicted octanol–water partition coefficient (Wildman–Crippen LogP) is 5.19. The zero-order valence-electron chi connectivity index (χ0n) is 25.1. The summed E-state index contributed by atoms with van der Waals surface area (Å²) < 4.78 is 48.7. The van der Waals surface area contributed by atoms with Gasteiger partial charge in [0.25, 0.3) is 0 Å². The van der Waals surface area contributed by atoms with E-state index in [4.69, 9.17) is 28.4 Å². The highest BCUT2D eigenvalue weighted by Gasteiger charge is 2.45. The summed E-state index contributed by atoms with van der Waals surface area (Å²) in [5, 5.41) is 19.8. The van der Waals surface area contributed by atoms with E-state index in [-0.39, 0.29) is 24.5 Å². The first-order valence-electron chi connectivity index (χ1n) is 13.7. The standard InChI is InChI=1S/C32H39FO10/c1-20(34)32(4,33)16-15-24(41-30(37)21-11-8-7-9-12-21)28-25(42-31(2,3)43-28)14-10-13-22-17-23(39-6)18-26(40-19-38-5)27(22)29(35)36/h7-13,15-18,20,24-25,28,34H,14,19H2,1-6H3,(H,35,36)/b13-10+,16-15-/t20?,24?,25-,28+,32?/m0/s1. The van der Waals surface area contributed by atoms with Gasteiger partial charge in [0, 0.05) is 13.2 Å². The molecule has 2 N–H and O–H groups in total. The molecule has 10 nitrogen and oxygen atoms in total. The number of carboxylic acids is 1. The van der Waals surface area contributed by atoms with E-state index >= 15 is 0 Å². The lowest BCUT2D eigenvalue weighted by Crippen LogP contribution is -2.38. The number of aliphatic hydroxyl groups is 1. The smallest absolute Gasteiger partial charge is 0.340 e. The number of alkyl halides is 1. The van der Waals surface area contributed by atoms with E-state index in [0.717, 1.165) is 6.08 Å². The highest BCUT2D eigenvalue weighted by molar-refractivity contribution is 5.95. The van der Waals surface area contributed by atoms with E-state index in [9.17, 15) is 24.2 Å². The van der Waals surface area contributed by atoms with Crippen LogP contribution in [0.25, 0.3) is 6.08 Å². The summed E-state index contributed by atoms with van der Waals surface area (Å²) in [7, 11) is 2.87. The van der Waals surface area contributed by atoms with Crippen molar-refractivity contribution in [3.8, 4) is 11.5 Å². The van der Waals surface area contributed by atoms with Gasteiger partial charge in [-0.05, 0) is 70.0 Å². The van der Waals surface area contributed by atoms with Crippen LogP contribution in [0.1, 0.15) is 60.4 Å². The number of carboxylic acid groups (broad SMARTS) is 1. The van der Waals surface area contributed by atoms with Crippen molar-refractivity contribution in [2.45, 2.75) is 70.0 Å². The molecule has 0 radical (unpaired) electrons. The Morgan fingerprint density at radius 2 is 1.86 bits per heavy atom. The third kappa shape index (κ3) is 9.11. The highest BCUT2D eigenvalue weighted by Crippen LogP contribution is 2.35. The van der Waals surface area contributed by atoms with Gasteiger partial charge >= 0.3 is 11.9 Å². The van der Waals surface area contributed by atoms with Crippen LogP contribution in [-0.4, -0.2) is 79.0 Å². The Labute approximate surface area is 250 Å². The lowest BCUT2D eigenvalue weighted by Gasteiger charge is -2.26. The van der Waals surface area contributed by atoms with Crippen molar-refractivity contribution in [1.29, 1.82) is 0 Å². The maximum Gasteiger partial charge on any atom is 0.340 e. The molecule has 3 rings (SSSR count). The summed E-state index contributed by atoms with van der Waals surface area (Å²) >= 11 is 0. The second-order valence-electron chi connectivity index (χ2n) is 10.6. The van der Waals surface area contributed by atoms with Crippen molar-refractivity contribution in [1.82, 2.24) is 0 Å². The van der Waals surface area contributed by atoms with Crippen molar-refractivity contribution < 1.29 is 52.6 Å². The zero-order valence-corrected chi connectivity index (χ0v) is 25.1. The average Bonchev–Trinajstić information content (AvgIpc) is 3.27. The molecule has 5 atom stereocenters. The number of carbonyl (C=O) groups excluding carboxylic acids is 1. The molecule has 11 heteroatoms. The molecule has 1 fully saturated rings. The van der Waals surface area contributed by atoms with E-state index in [2.05, 4.69) is 0 Å². The topological polar surface area (TPSA) is 130 Å². The van der Waals surface area contributed by atoms with Gasteiger partial charge in [0.15, 0.2) is 18.2 Å². The third-order valence-electron chi connectivity index (χ3n) is 6.78. The second kappa shape index (κ2) is 14.6. The molecule has 2 aromatic rings. The molecule has 0 amide bonds. The minimum atomic E-state index is -2.11. The molecular weight excluding hydrogens is 563 g/mol. The van der Waals surface area contributed by atoms with Gasteiger partial charge in [0.2, 0.25) is 0 Å². The fourth-order valence-electron chi connectivity index (χ4n) is 4.38. The van der Waals surface area contributed by atoms with E-state index in [0.29, 0.717) is 16.9 Å². The first-order valence-corrected chi connectivity index (χ1v) is 13.7. The molecule has 43 heavy (non-hydrogen) atoms. The number of hydrogen-bond donors (Lipinski definition) is 2. The van der Waals surface area contributed by atoms with Crippen molar-refractivity contribution in [2.24, 2.45) is 0 Å². The van der Waals surface area contributed by atoms with Crippen LogP contribution >= 0.6 is 0 Å². The molecule has 1 saturated heterocycles. The largest absolute Gasteiger partial charge is 0.497 e. The first kappa shape index (κ1) is 33.7. The summed E-state index contributed by atoms with van der Waals surface area (Å²) in [5.41, 5.74) is -1.60. The Balaban J connectivity index is 1.94. The molecule has 1 aliphatic rings. The molecule has 0 aromatic heterocycles. The van der Waals surface area contributed by atoms with Crippen LogP contribution in [0.15, 0.2) is 60.7 Å². The highest BCUT2D eigenvalue weighted by atomic mass is 19.1. The number of esters is 1. The van der Waals surface area contributed by atoms with Crippen LogP contribution in [0.5, 0.6) is 11.5 Å². The van der Waals surface area contributed by atoms with Crippen LogP contribution < -0.4 is 9.47 Å². The van der Waals surface area contributed by atoms with Gasteiger partial charge in [-0.3, -0.25) is 0 Å². The normalized spacial score (nSPS) is 20.9. The number of carbonyl (C=O) groups is 2. The number of benzene rings is 2. The Bertz CT molecular complexity index is 1300. The summed E-state index contributed by atoms with van der Waals surface area (Å²) in [6.07, 6.45) is 1.99. The molecule has 0 bridgehead atoms. The first-order chi connectivity index (χ1) is 20.3. The third-order valence-corrected chi connectivity index (χ3v) is 6.78. The summed E-state index contributed by atoms with van der Waals surface area (Å²) in [6.45, 7) is 5.76. The molecule has 1 aliphatic heterocycles. The maximum absolute atomic E-state index is 15.0. The number of rotatable bonds is 14. The predicted molar refractivity (Wildman–Crippen MR) is 156 cm³/mol. The molecule has 3 unspecified atom stereocenters. The lowest BCUT2D eigenvalue weighted by atomic mass is 9.98. The minimum Gasteiger partial charge on any atom is -0.497 e. The molecule has 234 valence electrons. The van der Waals surface area contributed by atoms with Gasteiger partial charge in [-0.15, -0.1) is 0 Å². The second-order valence-corrected chi connectivity index (χ2v) is 10.6. The molecule has 0 saturated carbocycles. The summed E-state index contributed by atoms with van der Waals surface area (Å²) in [6, 6.07) is 11.3. The van der Waals surface area contributed by atoms with Gasteiger partial charge in [0.05, 0.1) is 24.9 Å². The van der Waals surface area contributed by atoms with Crippen LogP contribution in [0, 0.1) is 0 Å². The van der Waals surface area contributed by atoms with Crippen LogP contribution in [0.3, 0.4) is 0 Å². The number of ether oxygens (including phenoxy) is 6. The molecule has 0 aliphatic carbocycles. The van der Waals surface area contributed by atoms with Crippen molar-refractivity contribution >= 4 is 18.0 Å². The quantitative estimate of drug-likeness (QED) is 0.169. The van der Waals surface area contributed by atoms with Gasteiger partial charge < -0.3 is 38.6 Å². The summed E-state index contributed by atoms with van der Waals surface area (Å²) in [4.78, 5) is 25.1. The van der Waals surface area contributed by atoms with Gasteiger partial charge in [-0.1, -0.05) is 30.4 Å². The molecule has 0 spiro atoms. The fraction of sp³-hybridized carbons (Fsp3) is 0.438. The van der Waals surface area contributed by atoms with Crippen LogP contribution in [0.4, 0.5) is 4.39 Å². The van der Waals surface area contributed by atoms with E-state index in [1.54, 1.807) is 62.4 Å². The van der Waals surface area contributed by atoms with E-state index in [1.807, 2.05) is 0 Å². The summed E-state index contributed by atoms with van der Waals surface area (Å²) in [5.74, 6) is -2.50. The minimum absolute atomic E-state index is 0.0678. The Kier molecular flexibility index (Phi) is 11.5. The van der Waals surface area contributed by atoms with Crippen molar-refractivity contribution in [2.75, 3.05) is 21.0 Å². The number of hydrogen-bond acceptors (Lipinski definition) is 9. The molecular formula is C32H39FO10. The molecule has 1 heterocycles. The monoisotopic (exact) mass is 602 g/mol. The number of aromatic carboxylic acids is 1. The Morgan fingerprint density at radius 3 is 2.47 bits per heavy atom. The number of halogens is 1.